The van der Waals surface area contributed by atoms with E-state index in [0.717, 1.165) is 38.9 Å². The lowest BCUT2D eigenvalue weighted by molar-refractivity contribution is 0.596. The Morgan fingerprint density at radius 1 is 0.781 bits per heavy atom. The van der Waals surface area contributed by atoms with Crippen LogP contribution in [0.4, 0.5) is 0 Å². The molecule has 2 aromatic carbocycles. The van der Waals surface area contributed by atoms with Gasteiger partial charge < -0.3 is 8.83 Å². The molecule has 0 spiro atoms. The van der Waals surface area contributed by atoms with Crippen LogP contribution in [0, 0.1) is 0 Å². The Labute approximate surface area is 185 Å². The summed E-state index contributed by atoms with van der Waals surface area (Å²) < 4.78 is 11.7. The van der Waals surface area contributed by atoms with Gasteiger partial charge in [0.05, 0.1) is 17.3 Å². The SMILES string of the molecule is CC(C)(C)c1cc(-c2nccc3oc(-c4ccnc5occc45)cc23)cc2ccccc12. The van der Waals surface area contributed by atoms with Crippen LogP contribution in [0.3, 0.4) is 0 Å². The summed E-state index contributed by atoms with van der Waals surface area (Å²) in [4.78, 5) is 9.06. The summed E-state index contributed by atoms with van der Waals surface area (Å²) in [5.41, 5.74) is 5.70. The molecule has 4 heterocycles. The lowest BCUT2D eigenvalue weighted by Crippen LogP contribution is -2.12. The second kappa shape index (κ2) is 6.79. The van der Waals surface area contributed by atoms with E-state index in [1.54, 1.807) is 12.5 Å². The minimum Gasteiger partial charge on any atom is -0.456 e. The van der Waals surface area contributed by atoms with Gasteiger partial charge in [-0.3, -0.25) is 4.98 Å². The average Bonchev–Trinajstić information content (AvgIpc) is 3.44. The first-order chi connectivity index (χ1) is 15.5. The van der Waals surface area contributed by atoms with E-state index in [1.807, 2.05) is 24.4 Å². The first-order valence-electron chi connectivity index (χ1n) is 10.7. The second-order valence-electron chi connectivity index (χ2n) is 9.17. The number of hydrogen-bond donors (Lipinski definition) is 0. The maximum Gasteiger partial charge on any atom is 0.226 e. The van der Waals surface area contributed by atoms with Gasteiger partial charge >= 0.3 is 0 Å². The van der Waals surface area contributed by atoms with E-state index < -0.39 is 0 Å². The monoisotopic (exact) mass is 418 g/mol. The molecule has 0 unspecified atom stereocenters. The standard InChI is InChI=1S/C28H22N2O2/c1-28(2,3)23-15-18(14-17-6-4-5-7-19(17)23)26-22-16-25(32-24(22)9-12-29-26)20-8-11-30-27-21(20)10-13-31-27/h4-16H,1-3H3. The van der Waals surface area contributed by atoms with Gasteiger partial charge in [0.1, 0.15) is 11.3 Å². The lowest BCUT2D eigenvalue weighted by atomic mass is 9.82. The summed E-state index contributed by atoms with van der Waals surface area (Å²) in [5, 5.41) is 4.42. The molecular formula is C28H22N2O2. The molecule has 6 aromatic rings. The third-order valence-corrected chi connectivity index (χ3v) is 6.02. The van der Waals surface area contributed by atoms with Crippen LogP contribution in [-0.2, 0) is 5.41 Å². The van der Waals surface area contributed by atoms with E-state index in [0.29, 0.717) is 5.71 Å². The van der Waals surface area contributed by atoms with Crippen molar-refractivity contribution in [2.24, 2.45) is 0 Å². The van der Waals surface area contributed by atoms with Crippen molar-refractivity contribution in [2.75, 3.05) is 0 Å². The van der Waals surface area contributed by atoms with Crippen molar-refractivity contribution in [2.45, 2.75) is 26.2 Å². The molecule has 156 valence electrons. The van der Waals surface area contributed by atoms with Crippen LogP contribution in [0.15, 0.2) is 88.2 Å². The molecule has 0 saturated heterocycles. The number of benzene rings is 2. The summed E-state index contributed by atoms with van der Waals surface area (Å²) >= 11 is 0. The summed E-state index contributed by atoms with van der Waals surface area (Å²) in [6.45, 7) is 6.76. The Morgan fingerprint density at radius 3 is 2.50 bits per heavy atom. The number of rotatable bonds is 2. The van der Waals surface area contributed by atoms with Crippen LogP contribution in [0.2, 0.25) is 0 Å². The van der Waals surface area contributed by atoms with Crippen LogP contribution in [0.1, 0.15) is 26.3 Å². The Bertz CT molecular complexity index is 1620. The average molecular weight is 418 g/mol. The molecule has 0 atom stereocenters. The molecule has 0 radical (unpaired) electrons. The van der Waals surface area contributed by atoms with Crippen molar-refractivity contribution < 1.29 is 8.83 Å². The highest BCUT2D eigenvalue weighted by molar-refractivity contribution is 6.00. The van der Waals surface area contributed by atoms with Gasteiger partial charge in [0, 0.05) is 28.9 Å². The molecule has 32 heavy (non-hydrogen) atoms. The van der Waals surface area contributed by atoms with Gasteiger partial charge in [0.25, 0.3) is 0 Å². The smallest absolute Gasteiger partial charge is 0.226 e. The third kappa shape index (κ3) is 2.91. The molecule has 0 amide bonds. The molecular weight excluding hydrogens is 396 g/mol. The van der Waals surface area contributed by atoms with Gasteiger partial charge in [0.2, 0.25) is 5.71 Å². The zero-order valence-electron chi connectivity index (χ0n) is 18.2. The highest BCUT2D eigenvalue weighted by Crippen LogP contribution is 2.39. The number of hydrogen-bond acceptors (Lipinski definition) is 4. The fourth-order valence-electron chi connectivity index (χ4n) is 4.48. The van der Waals surface area contributed by atoms with Gasteiger partial charge in [-0.2, -0.15) is 0 Å². The largest absolute Gasteiger partial charge is 0.456 e. The van der Waals surface area contributed by atoms with E-state index >= 15 is 0 Å². The minimum absolute atomic E-state index is 0.00892. The van der Waals surface area contributed by atoms with Gasteiger partial charge in [-0.1, -0.05) is 45.0 Å². The highest BCUT2D eigenvalue weighted by atomic mass is 16.3. The predicted octanol–water partition coefficient (Wildman–Crippen LogP) is 7.75. The van der Waals surface area contributed by atoms with Gasteiger partial charge in [-0.05, 0) is 58.1 Å². The molecule has 4 nitrogen and oxygen atoms in total. The van der Waals surface area contributed by atoms with Crippen molar-refractivity contribution >= 4 is 32.8 Å². The van der Waals surface area contributed by atoms with E-state index in [9.17, 15) is 0 Å². The number of nitrogens with zero attached hydrogens (tertiary/aromatic N) is 2. The maximum absolute atomic E-state index is 6.27. The van der Waals surface area contributed by atoms with Crippen LogP contribution >= 0.6 is 0 Å². The summed E-state index contributed by atoms with van der Waals surface area (Å²) in [5.74, 6) is 0.778. The van der Waals surface area contributed by atoms with Crippen LogP contribution in [0.25, 0.3) is 55.4 Å². The van der Waals surface area contributed by atoms with Crippen molar-refractivity contribution in [3.8, 4) is 22.6 Å². The summed E-state index contributed by atoms with van der Waals surface area (Å²) in [6.07, 6.45) is 5.21. The number of furan rings is 2. The fourth-order valence-corrected chi connectivity index (χ4v) is 4.48. The molecule has 0 fully saturated rings. The Balaban J connectivity index is 1.60. The van der Waals surface area contributed by atoms with Crippen LogP contribution in [0.5, 0.6) is 0 Å². The molecule has 0 aliphatic heterocycles. The van der Waals surface area contributed by atoms with Crippen molar-refractivity contribution in [3.05, 3.63) is 84.9 Å². The molecule has 0 aliphatic carbocycles. The normalized spacial score (nSPS) is 12.2. The fraction of sp³-hybridized carbons (Fsp3) is 0.143. The van der Waals surface area contributed by atoms with Gasteiger partial charge in [-0.25, -0.2) is 4.98 Å². The molecule has 0 bridgehead atoms. The topological polar surface area (TPSA) is 52.1 Å². The number of pyridine rings is 2. The lowest BCUT2D eigenvalue weighted by Gasteiger charge is -2.22. The molecule has 0 saturated carbocycles. The van der Waals surface area contributed by atoms with E-state index in [-0.39, 0.29) is 5.41 Å². The molecule has 0 N–H and O–H groups in total. The second-order valence-corrected chi connectivity index (χ2v) is 9.17. The quantitative estimate of drug-likeness (QED) is 0.288. The van der Waals surface area contributed by atoms with Crippen molar-refractivity contribution in [3.63, 3.8) is 0 Å². The zero-order chi connectivity index (χ0) is 21.9. The Hall–Kier alpha value is -3.92. The van der Waals surface area contributed by atoms with Crippen molar-refractivity contribution in [1.82, 2.24) is 9.97 Å². The van der Waals surface area contributed by atoms with Gasteiger partial charge in [-0.15, -0.1) is 0 Å². The molecule has 0 aliphatic rings. The zero-order valence-corrected chi connectivity index (χ0v) is 18.2. The van der Waals surface area contributed by atoms with E-state index in [1.165, 1.54) is 16.3 Å². The number of aromatic nitrogens is 2. The third-order valence-electron chi connectivity index (χ3n) is 6.02. The Kier molecular flexibility index (Phi) is 3.99. The highest BCUT2D eigenvalue weighted by Gasteiger charge is 2.20. The first kappa shape index (κ1) is 18.8. The minimum atomic E-state index is 0.00892. The Morgan fingerprint density at radius 2 is 1.62 bits per heavy atom. The van der Waals surface area contributed by atoms with E-state index in [2.05, 4.69) is 68.2 Å². The van der Waals surface area contributed by atoms with E-state index in [4.69, 9.17) is 13.8 Å². The molecule has 4 heteroatoms. The number of fused-ring (bicyclic) bond motifs is 3. The summed E-state index contributed by atoms with van der Waals surface area (Å²) in [6, 6.07) is 20.9. The van der Waals surface area contributed by atoms with Crippen LogP contribution < -0.4 is 0 Å². The first-order valence-corrected chi connectivity index (χ1v) is 10.7. The van der Waals surface area contributed by atoms with Crippen molar-refractivity contribution in [1.29, 1.82) is 0 Å². The van der Waals surface area contributed by atoms with Gasteiger partial charge in [0.15, 0.2) is 0 Å². The summed E-state index contributed by atoms with van der Waals surface area (Å²) in [7, 11) is 0. The maximum atomic E-state index is 6.27. The predicted molar refractivity (Wildman–Crippen MR) is 129 cm³/mol. The molecule has 6 rings (SSSR count). The van der Waals surface area contributed by atoms with Crippen LogP contribution in [-0.4, -0.2) is 9.97 Å². The molecule has 4 aromatic heterocycles.